The van der Waals surface area contributed by atoms with Crippen LogP contribution in [0.4, 0.5) is 0 Å². The van der Waals surface area contributed by atoms with Gasteiger partial charge in [0.05, 0.1) is 11.0 Å². The van der Waals surface area contributed by atoms with Gasteiger partial charge in [0.2, 0.25) is 0 Å². The van der Waals surface area contributed by atoms with Crippen molar-refractivity contribution in [1.29, 1.82) is 0 Å². The number of nitrogens with zero attached hydrogens (tertiary/aromatic N) is 2. The number of halogens is 1. The lowest BCUT2D eigenvalue weighted by atomic mass is 10.6. The van der Waals surface area contributed by atoms with E-state index in [1.807, 2.05) is 5.38 Å². The predicted octanol–water partition coefficient (Wildman–Crippen LogP) is 0.804. The molecule has 78 valence electrons. The van der Waals surface area contributed by atoms with Gasteiger partial charge in [-0.1, -0.05) is 0 Å². The molecule has 0 aliphatic carbocycles. The minimum absolute atomic E-state index is 0.332. The molecule has 1 N–H and O–H groups in total. The van der Waals surface area contributed by atoms with Crippen LogP contribution >= 0.6 is 27.3 Å². The summed E-state index contributed by atoms with van der Waals surface area (Å²) >= 11 is 4.52. The minimum Gasteiger partial charge on any atom is -0.293 e. The first-order valence-electron chi connectivity index (χ1n) is 4.04. The Hall–Kier alpha value is -1.21. The molecule has 0 aliphatic heterocycles. The van der Waals surface area contributed by atoms with Crippen molar-refractivity contribution in [2.75, 3.05) is 0 Å². The van der Waals surface area contributed by atoms with Crippen LogP contribution in [-0.4, -0.2) is 14.5 Å². The maximum absolute atomic E-state index is 11.4. The van der Waals surface area contributed by atoms with E-state index in [1.165, 1.54) is 22.1 Å². The molecule has 0 bridgehead atoms. The Kier molecular flexibility index (Phi) is 2.83. The van der Waals surface area contributed by atoms with E-state index in [4.69, 9.17) is 0 Å². The van der Waals surface area contributed by atoms with Gasteiger partial charge in [0.15, 0.2) is 0 Å². The molecule has 0 aromatic carbocycles. The van der Waals surface area contributed by atoms with Gasteiger partial charge in [-0.15, -0.1) is 11.3 Å². The smallest absolute Gasteiger partial charge is 0.293 e. The summed E-state index contributed by atoms with van der Waals surface area (Å²) in [5, 5.41) is 2.65. The first-order chi connectivity index (χ1) is 7.16. The molecule has 0 spiro atoms. The molecule has 7 heteroatoms. The zero-order valence-electron chi connectivity index (χ0n) is 7.44. The van der Waals surface area contributed by atoms with E-state index in [1.54, 1.807) is 6.20 Å². The van der Waals surface area contributed by atoms with Gasteiger partial charge >= 0.3 is 5.69 Å². The molecular formula is C8H6BrN3O2S. The fourth-order valence-corrected chi connectivity index (χ4v) is 2.04. The first-order valence-corrected chi connectivity index (χ1v) is 5.72. The van der Waals surface area contributed by atoms with Crippen molar-refractivity contribution >= 4 is 27.3 Å². The number of hydrogen-bond donors (Lipinski definition) is 1. The molecule has 5 nitrogen and oxygen atoms in total. The lowest BCUT2D eigenvalue weighted by molar-refractivity contribution is 0.712. The summed E-state index contributed by atoms with van der Waals surface area (Å²) in [7, 11) is 0. The van der Waals surface area contributed by atoms with Crippen molar-refractivity contribution in [3.8, 4) is 0 Å². The molecule has 0 aliphatic rings. The van der Waals surface area contributed by atoms with Gasteiger partial charge in [0.1, 0.15) is 5.01 Å². The minimum atomic E-state index is -0.432. The number of thiazole rings is 1. The van der Waals surface area contributed by atoms with E-state index in [9.17, 15) is 9.59 Å². The van der Waals surface area contributed by atoms with Crippen molar-refractivity contribution in [3.63, 3.8) is 0 Å². The Morgan fingerprint density at radius 3 is 3.00 bits per heavy atom. The molecule has 15 heavy (non-hydrogen) atoms. The maximum atomic E-state index is 11.4. The Morgan fingerprint density at radius 1 is 1.53 bits per heavy atom. The summed E-state index contributed by atoms with van der Waals surface area (Å²) < 4.78 is 1.73. The third kappa shape index (κ3) is 2.24. The normalized spacial score (nSPS) is 10.5. The van der Waals surface area contributed by atoms with Crippen LogP contribution < -0.4 is 11.2 Å². The fourth-order valence-electron chi connectivity index (χ4n) is 1.08. The molecule has 2 rings (SSSR count). The quantitative estimate of drug-likeness (QED) is 0.889. The summed E-state index contributed by atoms with van der Waals surface area (Å²) in [5.41, 5.74) is -0.853. The summed E-state index contributed by atoms with van der Waals surface area (Å²) in [6.45, 7) is 0.367. The van der Waals surface area contributed by atoms with Gasteiger partial charge in [-0.25, -0.2) is 9.78 Å². The second-order valence-corrected chi connectivity index (χ2v) is 4.62. The van der Waals surface area contributed by atoms with E-state index >= 15 is 0 Å². The molecule has 0 radical (unpaired) electrons. The molecule has 0 unspecified atom stereocenters. The highest BCUT2D eigenvalue weighted by molar-refractivity contribution is 9.10. The summed E-state index contributed by atoms with van der Waals surface area (Å²) in [4.78, 5) is 28.7. The van der Waals surface area contributed by atoms with Gasteiger partial charge in [-0.3, -0.25) is 14.3 Å². The van der Waals surface area contributed by atoms with Crippen LogP contribution in [0.15, 0.2) is 31.8 Å². The van der Waals surface area contributed by atoms with E-state index < -0.39 is 11.2 Å². The topological polar surface area (TPSA) is 67.8 Å². The van der Waals surface area contributed by atoms with Crippen molar-refractivity contribution in [2.24, 2.45) is 0 Å². The second-order valence-electron chi connectivity index (χ2n) is 2.79. The fraction of sp³-hybridized carbons (Fsp3) is 0.125. The molecule has 0 saturated heterocycles. The zero-order chi connectivity index (χ0) is 10.8. The summed E-state index contributed by atoms with van der Waals surface area (Å²) in [6.07, 6.45) is 3.13. The largest absolute Gasteiger partial charge is 0.328 e. The van der Waals surface area contributed by atoms with Crippen LogP contribution in [0.5, 0.6) is 0 Å². The van der Waals surface area contributed by atoms with E-state index in [2.05, 4.69) is 25.9 Å². The molecule has 0 amide bonds. The lowest BCUT2D eigenvalue weighted by Crippen LogP contribution is -2.30. The van der Waals surface area contributed by atoms with Crippen molar-refractivity contribution in [2.45, 2.75) is 6.54 Å². The Morgan fingerprint density at radius 2 is 2.33 bits per heavy atom. The van der Waals surface area contributed by atoms with Crippen LogP contribution in [0.2, 0.25) is 0 Å². The summed E-state index contributed by atoms with van der Waals surface area (Å²) in [5.74, 6) is 0. The number of aromatic amines is 1. The van der Waals surface area contributed by atoms with E-state index in [0.717, 1.165) is 5.01 Å². The molecular weight excluding hydrogens is 282 g/mol. The highest BCUT2D eigenvalue weighted by Gasteiger charge is 2.03. The van der Waals surface area contributed by atoms with Gasteiger partial charge in [0.25, 0.3) is 5.56 Å². The predicted molar refractivity (Wildman–Crippen MR) is 60.2 cm³/mol. The van der Waals surface area contributed by atoms with Crippen LogP contribution in [0.3, 0.4) is 0 Å². The van der Waals surface area contributed by atoms with Crippen molar-refractivity contribution in [3.05, 3.63) is 48.1 Å². The molecule has 0 atom stereocenters. The number of nitrogens with one attached hydrogen (secondary N) is 1. The van der Waals surface area contributed by atoms with Crippen LogP contribution in [0, 0.1) is 0 Å². The highest BCUT2D eigenvalue weighted by Crippen LogP contribution is 2.06. The number of aromatic nitrogens is 3. The molecule has 0 fully saturated rings. The zero-order valence-corrected chi connectivity index (χ0v) is 9.84. The van der Waals surface area contributed by atoms with Crippen LogP contribution in [0.1, 0.15) is 5.01 Å². The number of rotatable bonds is 2. The Balaban J connectivity index is 2.42. The van der Waals surface area contributed by atoms with E-state index in [-0.39, 0.29) is 0 Å². The SMILES string of the molecule is O=c1[nH]c(=O)n(Cc2nccs2)cc1Br. The Labute approximate surface area is 96.6 Å². The molecule has 2 heterocycles. The average molecular weight is 288 g/mol. The standard InChI is InChI=1S/C8H6BrN3O2S/c9-5-3-12(8(14)11-7(5)13)4-6-10-1-2-15-6/h1-3H,4H2,(H,11,13,14). The Bertz CT molecular complexity index is 572. The molecule has 2 aromatic heterocycles. The van der Waals surface area contributed by atoms with Crippen molar-refractivity contribution < 1.29 is 0 Å². The maximum Gasteiger partial charge on any atom is 0.328 e. The molecule has 0 saturated carbocycles. The van der Waals surface area contributed by atoms with Gasteiger partial charge in [-0.05, 0) is 15.9 Å². The number of H-pyrrole nitrogens is 1. The molecule has 2 aromatic rings. The third-order valence-corrected chi connectivity index (χ3v) is 3.09. The third-order valence-electron chi connectivity index (χ3n) is 1.76. The first kappa shape index (κ1) is 10.3. The second kappa shape index (κ2) is 4.11. The van der Waals surface area contributed by atoms with Crippen LogP contribution in [0.25, 0.3) is 0 Å². The number of hydrogen-bond acceptors (Lipinski definition) is 4. The van der Waals surface area contributed by atoms with Gasteiger partial charge in [-0.2, -0.15) is 0 Å². The van der Waals surface area contributed by atoms with Gasteiger partial charge < -0.3 is 0 Å². The van der Waals surface area contributed by atoms with Crippen molar-refractivity contribution in [1.82, 2.24) is 14.5 Å². The summed E-state index contributed by atoms with van der Waals surface area (Å²) in [6, 6.07) is 0. The van der Waals surface area contributed by atoms with E-state index in [0.29, 0.717) is 11.0 Å². The monoisotopic (exact) mass is 287 g/mol. The van der Waals surface area contributed by atoms with Crippen LogP contribution in [-0.2, 0) is 6.54 Å². The highest BCUT2D eigenvalue weighted by atomic mass is 79.9. The lowest BCUT2D eigenvalue weighted by Gasteiger charge is -2.01. The van der Waals surface area contributed by atoms with Gasteiger partial charge in [0, 0.05) is 17.8 Å². The average Bonchev–Trinajstić information content (AvgIpc) is 2.67.